The van der Waals surface area contributed by atoms with Crippen molar-refractivity contribution >= 4 is 11.7 Å². The van der Waals surface area contributed by atoms with Gasteiger partial charge in [0.05, 0.1) is 19.2 Å². The number of esters is 1. The Morgan fingerprint density at radius 2 is 1.56 bits per heavy atom. The summed E-state index contributed by atoms with van der Waals surface area (Å²) in [5, 5.41) is 0. The second-order valence-electron chi connectivity index (χ2n) is 5.98. The van der Waals surface area contributed by atoms with Crippen LogP contribution in [0.1, 0.15) is 21.5 Å². The van der Waals surface area contributed by atoms with Gasteiger partial charge in [-0.3, -0.25) is 0 Å². The predicted octanol–water partition coefficient (Wildman–Crippen LogP) is 4.70. The van der Waals surface area contributed by atoms with Gasteiger partial charge in [-0.05, 0) is 12.1 Å². The van der Waals surface area contributed by atoms with Crippen molar-refractivity contribution < 1.29 is 19.0 Å². The summed E-state index contributed by atoms with van der Waals surface area (Å²) in [4.78, 5) is 15.7. The molecule has 0 aromatic heterocycles. The summed E-state index contributed by atoms with van der Waals surface area (Å²) in [6.45, 7) is 7.30. The second kappa shape index (κ2) is 6.50. The van der Waals surface area contributed by atoms with Crippen LogP contribution >= 0.6 is 0 Å². The van der Waals surface area contributed by atoms with Gasteiger partial charge in [0.15, 0.2) is 17.2 Å². The lowest BCUT2D eigenvalue weighted by Gasteiger charge is -2.28. The molecule has 0 bridgehead atoms. The number of hydrogen-bond acceptors (Lipinski definition) is 4. The molecule has 132 valence electrons. The van der Waals surface area contributed by atoms with Crippen molar-refractivity contribution in [2.45, 2.75) is 5.79 Å². The first-order chi connectivity index (χ1) is 13.2. The summed E-state index contributed by atoms with van der Waals surface area (Å²) >= 11 is 0. The maximum atomic E-state index is 12.3. The molecule has 0 radical (unpaired) electrons. The van der Waals surface area contributed by atoms with E-state index in [2.05, 4.69) is 4.85 Å². The molecule has 1 heterocycles. The van der Waals surface area contributed by atoms with Gasteiger partial charge in [-0.15, -0.1) is 0 Å². The summed E-state index contributed by atoms with van der Waals surface area (Å²) in [5.41, 5.74) is 1.98. The van der Waals surface area contributed by atoms with Gasteiger partial charge in [0.25, 0.3) is 0 Å². The van der Waals surface area contributed by atoms with Crippen LogP contribution in [0.4, 0.5) is 5.69 Å². The van der Waals surface area contributed by atoms with Gasteiger partial charge in [-0.1, -0.05) is 60.7 Å². The van der Waals surface area contributed by atoms with Crippen LogP contribution in [0.15, 0.2) is 72.8 Å². The van der Waals surface area contributed by atoms with E-state index in [-0.39, 0.29) is 17.0 Å². The molecule has 27 heavy (non-hydrogen) atoms. The first-order valence-electron chi connectivity index (χ1n) is 8.31. The maximum absolute atomic E-state index is 12.3. The molecule has 0 amide bonds. The van der Waals surface area contributed by atoms with E-state index in [9.17, 15) is 4.79 Å². The van der Waals surface area contributed by atoms with Crippen molar-refractivity contribution in [3.05, 3.63) is 101 Å². The van der Waals surface area contributed by atoms with E-state index in [0.717, 1.165) is 11.1 Å². The van der Waals surface area contributed by atoms with Gasteiger partial charge in [0.1, 0.15) is 0 Å². The first kappa shape index (κ1) is 16.7. The highest BCUT2D eigenvalue weighted by molar-refractivity contribution is 5.95. The fraction of sp³-hybridized carbons (Fsp3) is 0.0909. The number of carbonyl (C=O) groups excluding carboxylic acids is 1. The molecule has 3 aromatic carbocycles. The summed E-state index contributed by atoms with van der Waals surface area (Å²) in [7, 11) is 1.29. The maximum Gasteiger partial charge on any atom is 0.340 e. The topological polar surface area (TPSA) is 49.1 Å². The molecule has 0 spiro atoms. The van der Waals surface area contributed by atoms with E-state index in [4.69, 9.17) is 20.8 Å². The number of hydrogen-bond donors (Lipinski definition) is 0. The van der Waals surface area contributed by atoms with Crippen LogP contribution in [0.2, 0.25) is 0 Å². The Morgan fingerprint density at radius 1 is 0.963 bits per heavy atom. The van der Waals surface area contributed by atoms with Gasteiger partial charge < -0.3 is 14.2 Å². The van der Waals surface area contributed by atoms with Crippen LogP contribution in [-0.4, -0.2) is 13.1 Å². The molecule has 1 aliphatic heterocycles. The van der Waals surface area contributed by atoms with Crippen molar-refractivity contribution in [3.8, 4) is 11.5 Å². The number of carbonyl (C=O) groups is 1. The van der Waals surface area contributed by atoms with E-state index in [1.165, 1.54) is 13.2 Å². The first-order valence-corrected chi connectivity index (χ1v) is 8.31. The Labute approximate surface area is 156 Å². The van der Waals surface area contributed by atoms with E-state index in [1.807, 2.05) is 60.7 Å². The second-order valence-corrected chi connectivity index (χ2v) is 5.98. The smallest absolute Gasteiger partial charge is 0.340 e. The van der Waals surface area contributed by atoms with Crippen LogP contribution in [0.5, 0.6) is 11.5 Å². The third kappa shape index (κ3) is 2.68. The van der Waals surface area contributed by atoms with E-state index >= 15 is 0 Å². The van der Waals surface area contributed by atoms with E-state index in [1.54, 1.807) is 6.07 Å². The lowest BCUT2D eigenvalue weighted by atomic mass is 9.97. The SMILES string of the molecule is [C-]#[N+]c1cc2c(c(C(=O)OC)c1)OC(c1ccccc1)(c1ccccc1)O2. The predicted molar refractivity (Wildman–Crippen MR) is 99.0 cm³/mol. The van der Waals surface area contributed by atoms with Crippen molar-refractivity contribution in [1.82, 2.24) is 0 Å². The van der Waals surface area contributed by atoms with Crippen molar-refractivity contribution in [1.29, 1.82) is 0 Å². The molecular formula is C22H15NO4. The molecule has 5 heteroatoms. The Kier molecular flexibility index (Phi) is 4.02. The normalized spacial score (nSPS) is 13.6. The number of rotatable bonds is 3. The third-order valence-electron chi connectivity index (χ3n) is 4.38. The molecule has 0 saturated heterocycles. The standard InChI is InChI=1S/C22H15NO4/c1-23-17-13-18(21(24)25-2)20-19(14-17)26-22(27-20,15-9-5-3-6-10-15)16-11-7-4-8-12-16/h3-14H,2H3. The van der Waals surface area contributed by atoms with Crippen molar-refractivity contribution in [2.75, 3.05) is 7.11 Å². The summed E-state index contributed by atoms with van der Waals surface area (Å²) in [5.74, 6) is -1.25. The monoisotopic (exact) mass is 357 g/mol. The third-order valence-corrected chi connectivity index (χ3v) is 4.38. The van der Waals surface area contributed by atoms with Gasteiger partial charge >= 0.3 is 11.8 Å². The molecule has 3 aromatic rings. The molecule has 1 aliphatic rings. The van der Waals surface area contributed by atoms with E-state index < -0.39 is 11.8 Å². The minimum Gasteiger partial charge on any atom is -0.465 e. The average Bonchev–Trinajstić information content (AvgIpc) is 3.14. The largest absolute Gasteiger partial charge is 0.465 e. The van der Waals surface area contributed by atoms with Crippen LogP contribution < -0.4 is 9.47 Å². The number of methoxy groups -OCH3 is 1. The van der Waals surface area contributed by atoms with Gasteiger partial charge in [0, 0.05) is 11.1 Å². The lowest BCUT2D eigenvalue weighted by Crippen LogP contribution is -2.36. The zero-order valence-corrected chi connectivity index (χ0v) is 14.5. The van der Waals surface area contributed by atoms with Crippen LogP contribution in [0.25, 0.3) is 4.85 Å². The minimum absolute atomic E-state index is 0.162. The highest BCUT2D eigenvalue weighted by Crippen LogP contribution is 2.50. The highest BCUT2D eigenvalue weighted by Gasteiger charge is 2.47. The van der Waals surface area contributed by atoms with Crippen LogP contribution in [0.3, 0.4) is 0 Å². The number of benzene rings is 3. The van der Waals surface area contributed by atoms with Gasteiger partial charge in [-0.25, -0.2) is 9.64 Å². The molecule has 0 saturated carbocycles. The zero-order chi connectivity index (χ0) is 18.9. The van der Waals surface area contributed by atoms with Crippen LogP contribution in [-0.2, 0) is 10.5 Å². The number of fused-ring (bicyclic) bond motifs is 1. The molecule has 0 N–H and O–H groups in total. The summed E-state index contributed by atoms with van der Waals surface area (Å²) < 4.78 is 17.4. The molecular weight excluding hydrogens is 342 g/mol. The zero-order valence-electron chi connectivity index (χ0n) is 14.5. The van der Waals surface area contributed by atoms with Crippen molar-refractivity contribution in [3.63, 3.8) is 0 Å². The molecule has 5 nitrogen and oxygen atoms in total. The fourth-order valence-corrected chi connectivity index (χ4v) is 3.13. The summed E-state index contributed by atoms with van der Waals surface area (Å²) in [6.07, 6.45) is 0. The Morgan fingerprint density at radius 3 is 2.07 bits per heavy atom. The highest BCUT2D eigenvalue weighted by atomic mass is 16.7. The van der Waals surface area contributed by atoms with Crippen molar-refractivity contribution in [2.24, 2.45) is 0 Å². The number of nitrogens with zero attached hydrogens (tertiary/aromatic N) is 1. The quantitative estimate of drug-likeness (QED) is 0.504. The van der Waals surface area contributed by atoms with Crippen LogP contribution in [0, 0.1) is 6.57 Å². The molecule has 0 unspecified atom stereocenters. The molecule has 4 rings (SSSR count). The molecule has 0 fully saturated rings. The average molecular weight is 357 g/mol. The lowest BCUT2D eigenvalue weighted by molar-refractivity contribution is -0.0462. The van der Waals surface area contributed by atoms with Gasteiger partial charge in [0.2, 0.25) is 0 Å². The van der Waals surface area contributed by atoms with Gasteiger partial charge in [-0.2, -0.15) is 0 Å². The summed E-state index contributed by atoms with van der Waals surface area (Å²) in [6, 6.07) is 22.0. The molecule has 0 aliphatic carbocycles. The Hall–Kier alpha value is -3.78. The molecule has 0 atom stereocenters. The fourth-order valence-electron chi connectivity index (χ4n) is 3.13. The number of ether oxygens (including phenoxy) is 3. The Balaban J connectivity index is 1.94. The Bertz CT molecular complexity index is 1000. The van der Waals surface area contributed by atoms with E-state index in [0.29, 0.717) is 5.75 Å². The minimum atomic E-state index is -1.26.